The van der Waals surface area contributed by atoms with Crippen LogP contribution < -0.4 is 10.6 Å². The number of rotatable bonds is 6. The summed E-state index contributed by atoms with van der Waals surface area (Å²) in [7, 11) is 0. The first-order valence-corrected chi connectivity index (χ1v) is 12.7. The van der Waals surface area contributed by atoms with Gasteiger partial charge in [-0.1, -0.05) is 36.4 Å². The first kappa shape index (κ1) is 24.9. The maximum absolute atomic E-state index is 13.8. The molecule has 3 amide bonds. The summed E-state index contributed by atoms with van der Waals surface area (Å²) in [5, 5.41) is 7.29. The zero-order chi connectivity index (χ0) is 25.9. The summed E-state index contributed by atoms with van der Waals surface area (Å²) in [5.74, 6) is -1.54. The van der Waals surface area contributed by atoms with E-state index in [1.807, 2.05) is 42.5 Å². The second kappa shape index (κ2) is 10.7. The van der Waals surface area contributed by atoms with Crippen molar-refractivity contribution in [3.8, 4) is 0 Å². The number of hydrogen-bond acceptors (Lipinski definition) is 7. The molecule has 1 aromatic carbocycles. The van der Waals surface area contributed by atoms with Crippen molar-refractivity contribution < 1.29 is 28.7 Å². The van der Waals surface area contributed by atoms with Gasteiger partial charge in [0.05, 0.1) is 6.42 Å². The topological polar surface area (TPSA) is 127 Å². The number of fused-ring (bicyclic) bond motifs is 2. The van der Waals surface area contributed by atoms with Crippen molar-refractivity contribution in [3.63, 3.8) is 0 Å². The van der Waals surface area contributed by atoms with Crippen LogP contribution in [-0.4, -0.2) is 70.6 Å². The van der Waals surface area contributed by atoms with Gasteiger partial charge in [-0.15, -0.1) is 0 Å². The molecule has 10 heteroatoms. The highest BCUT2D eigenvalue weighted by molar-refractivity contribution is 6.06. The van der Waals surface area contributed by atoms with Gasteiger partial charge >= 0.3 is 5.97 Å². The third-order valence-electron chi connectivity index (χ3n) is 7.12. The van der Waals surface area contributed by atoms with Crippen molar-refractivity contribution >= 4 is 34.5 Å². The molecular weight excluding hydrogens is 476 g/mol. The summed E-state index contributed by atoms with van der Waals surface area (Å²) in [4.78, 5) is 57.9. The molecule has 3 aliphatic heterocycles. The molecule has 37 heavy (non-hydrogen) atoms. The smallest absolute Gasteiger partial charge is 0.310 e. The summed E-state index contributed by atoms with van der Waals surface area (Å²) in [6.07, 6.45) is 6.73. The highest BCUT2D eigenvalue weighted by Gasteiger charge is 2.45. The zero-order valence-electron chi connectivity index (χ0n) is 20.6. The quantitative estimate of drug-likeness (QED) is 0.452. The third-order valence-corrected chi connectivity index (χ3v) is 7.12. The molecule has 4 heterocycles. The molecule has 5 atom stereocenters. The highest BCUT2D eigenvalue weighted by Crippen LogP contribution is 2.30. The summed E-state index contributed by atoms with van der Waals surface area (Å²) in [6.45, 7) is 2.11. The number of esters is 1. The Morgan fingerprint density at radius 2 is 1.92 bits per heavy atom. The summed E-state index contributed by atoms with van der Waals surface area (Å²) < 4.78 is 10.6. The second-order valence-electron chi connectivity index (χ2n) is 9.47. The van der Waals surface area contributed by atoms with Gasteiger partial charge in [-0.25, -0.2) is 0 Å². The Kier molecular flexibility index (Phi) is 7.18. The van der Waals surface area contributed by atoms with E-state index < -0.39 is 36.3 Å². The lowest BCUT2D eigenvalue weighted by Gasteiger charge is -2.34. The highest BCUT2D eigenvalue weighted by atomic mass is 16.7. The molecule has 0 saturated carbocycles. The SMILES string of the molecule is CCOC1OC(=O)C[C@@H]1NC(=O)[C@@H]1CC[C@@H]2CC=CC[C@H](NC(=O)c3nccc4ccccc34)C(=O)N21. The van der Waals surface area contributed by atoms with Crippen LogP contribution in [0.1, 0.15) is 49.5 Å². The molecule has 2 fully saturated rings. The van der Waals surface area contributed by atoms with Gasteiger partial charge in [-0.05, 0) is 44.1 Å². The van der Waals surface area contributed by atoms with E-state index in [1.54, 1.807) is 18.0 Å². The molecule has 194 valence electrons. The van der Waals surface area contributed by atoms with Crippen molar-refractivity contribution in [1.29, 1.82) is 0 Å². The monoisotopic (exact) mass is 506 g/mol. The number of carbonyl (C=O) groups is 4. The molecular formula is C27H30N4O6. The number of benzene rings is 1. The lowest BCUT2D eigenvalue weighted by Crippen LogP contribution is -2.57. The van der Waals surface area contributed by atoms with E-state index in [-0.39, 0.29) is 30.0 Å². The lowest BCUT2D eigenvalue weighted by atomic mass is 10.0. The van der Waals surface area contributed by atoms with Gasteiger partial charge in [0, 0.05) is 24.2 Å². The number of amides is 3. The Morgan fingerprint density at radius 3 is 2.76 bits per heavy atom. The van der Waals surface area contributed by atoms with Crippen LogP contribution in [0.25, 0.3) is 10.8 Å². The van der Waals surface area contributed by atoms with Gasteiger partial charge in [0.15, 0.2) is 0 Å². The number of nitrogens with one attached hydrogen (secondary N) is 2. The minimum atomic E-state index is -0.843. The van der Waals surface area contributed by atoms with E-state index in [4.69, 9.17) is 9.47 Å². The predicted molar refractivity (Wildman–Crippen MR) is 133 cm³/mol. The Balaban J connectivity index is 1.33. The fourth-order valence-electron chi connectivity index (χ4n) is 5.37. The molecule has 1 aromatic heterocycles. The molecule has 1 unspecified atom stereocenters. The van der Waals surface area contributed by atoms with Crippen molar-refractivity contribution in [2.45, 2.75) is 69.5 Å². The Morgan fingerprint density at radius 1 is 1.11 bits per heavy atom. The van der Waals surface area contributed by atoms with Crippen molar-refractivity contribution in [2.75, 3.05) is 6.61 Å². The van der Waals surface area contributed by atoms with Gasteiger partial charge in [-0.2, -0.15) is 0 Å². The number of aromatic nitrogens is 1. The van der Waals surface area contributed by atoms with E-state index in [0.717, 1.165) is 5.39 Å². The summed E-state index contributed by atoms with van der Waals surface area (Å²) in [6, 6.07) is 6.95. The van der Waals surface area contributed by atoms with Crippen LogP contribution in [0.5, 0.6) is 0 Å². The van der Waals surface area contributed by atoms with Crippen molar-refractivity contribution in [3.05, 3.63) is 54.4 Å². The fraction of sp³-hybridized carbons (Fsp3) is 0.444. The number of carbonyl (C=O) groups excluding carboxylic acids is 4. The van der Waals surface area contributed by atoms with Crippen LogP contribution >= 0.6 is 0 Å². The van der Waals surface area contributed by atoms with E-state index in [9.17, 15) is 19.2 Å². The summed E-state index contributed by atoms with van der Waals surface area (Å²) >= 11 is 0. The lowest BCUT2D eigenvalue weighted by molar-refractivity contribution is -0.164. The fourth-order valence-corrected chi connectivity index (χ4v) is 5.37. The maximum Gasteiger partial charge on any atom is 0.310 e. The number of nitrogens with zero attached hydrogens (tertiary/aromatic N) is 2. The first-order chi connectivity index (χ1) is 18.0. The average Bonchev–Trinajstić information content (AvgIpc) is 3.46. The van der Waals surface area contributed by atoms with Crippen LogP contribution in [0, 0.1) is 0 Å². The van der Waals surface area contributed by atoms with Gasteiger partial charge in [0.1, 0.15) is 23.8 Å². The van der Waals surface area contributed by atoms with Crippen LogP contribution in [0.4, 0.5) is 0 Å². The molecule has 2 saturated heterocycles. The van der Waals surface area contributed by atoms with E-state index in [2.05, 4.69) is 15.6 Å². The van der Waals surface area contributed by atoms with Gasteiger partial charge in [-0.3, -0.25) is 24.2 Å². The Hall–Kier alpha value is -3.79. The average molecular weight is 507 g/mol. The molecule has 2 N–H and O–H groups in total. The van der Waals surface area contributed by atoms with Gasteiger partial charge in [0.25, 0.3) is 5.91 Å². The predicted octanol–water partition coefficient (Wildman–Crippen LogP) is 1.84. The molecule has 0 bridgehead atoms. The number of ether oxygens (including phenoxy) is 2. The van der Waals surface area contributed by atoms with Crippen molar-refractivity contribution in [2.24, 2.45) is 0 Å². The van der Waals surface area contributed by atoms with Crippen LogP contribution in [-0.2, 0) is 23.9 Å². The normalized spacial score (nSPS) is 27.4. The van der Waals surface area contributed by atoms with E-state index in [0.29, 0.717) is 37.7 Å². The molecule has 0 spiro atoms. The third kappa shape index (κ3) is 5.06. The standard InChI is InChI=1S/C27H30N4O6/c1-2-36-27-20(15-22(32)37-27)30-24(33)21-12-11-17-8-4-6-10-19(26(35)31(17)21)29-25(34)23-18-9-5-3-7-16(18)13-14-28-23/h3-7,9,13-14,17,19-21,27H,2,8,10-12,15H2,1H3,(H,29,34)(H,30,33)/t17-,19-,20-,21-,27?/m0/s1. The summed E-state index contributed by atoms with van der Waals surface area (Å²) in [5.41, 5.74) is 0.247. The van der Waals surface area contributed by atoms with E-state index >= 15 is 0 Å². The molecule has 0 radical (unpaired) electrons. The van der Waals surface area contributed by atoms with Gasteiger partial charge in [0.2, 0.25) is 18.1 Å². The Labute approximate surface area is 214 Å². The molecule has 2 aromatic rings. The van der Waals surface area contributed by atoms with E-state index in [1.165, 1.54) is 0 Å². The first-order valence-electron chi connectivity index (χ1n) is 12.7. The van der Waals surface area contributed by atoms with Crippen LogP contribution in [0.2, 0.25) is 0 Å². The largest absolute Gasteiger partial charge is 0.433 e. The van der Waals surface area contributed by atoms with Gasteiger partial charge < -0.3 is 25.0 Å². The minimum absolute atomic E-state index is 0.0138. The molecule has 10 nitrogen and oxygen atoms in total. The number of cyclic esters (lactones) is 1. The van der Waals surface area contributed by atoms with Crippen LogP contribution in [0.3, 0.4) is 0 Å². The second-order valence-corrected chi connectivity index (χ2v) is 9.47. The molecule has 5 rings (SSSR count). The zero-order valence-corrected chi connectivity index (χ0v) is 20.6. The number of hydrogen-bond donors (Lipinski definition) is 2. The molecule has 0 aliphatic carbocycles. The Bertz CT molecular complexity index is 1240. The minimum Gasteiger partial charge on any atom is -0.433 e. The molecule has 3 aliphatic rings. The number of pyridine rings is 1. The maximum atomic E-state index is 13.8. The van der Waals surface area contributed by atoms with Crippen LogP contribution in [0.15, 0.2) is 48.7 Å². The van der Waals surface area contributed by atoms with Crippen molar-refractivity contribution in [1.82, 2.24) is 20.5 Å².